The van der Waals surface area contributed by atoms with Gasteiger partial charge in [-0.2, -0.15) is 0 Å². The predicted octanol–water partition coefficient (Wildman–Crippen LogP) is 1.57. The normalized spacial score (nSPS) is 19.0. The lowest BCUT2D eigenvalue weighted by Crippen LogP contribution is -2.52. The number of hydrogen-bond acceptors (Lipinski definition) is 3. The van der Waals surface area contributed by atoms with Crippen molar-refractivity contribution in [1.82, 2.24) is 16.0 Å². The summed E-state index contributed by atoms with van der Waals surface area (Å²) in [7, 11) is 0. The number of rotatable bonds is 5. The smallest absolute Gasteiger partial charge is 0.253 e. The number of carbonyl (C=O) groups excluding carboxylic acids is 2. The maximum atomic E-state index is 12.4. The van der Waals surface area contributed by atoms with Crippen LogP contribution >= 0.6 is 11.6 Å². The summed E-state index contributed by atoms with van der Waals surface area (Å²) in [5.74, 6) is -0.492. The lowest BCUT2D eigenvalue weighted by atomic mass is 10.0. The van der Waals surface area contributed by atoms with Crippen LogP contribution in [0.25, 0.3) is 0 Å². The molecule has 1 aromatic rings. The Kier molecular flexibility index (Phi) is 5.80. The van der Waals surface area contributed by atoms with Crippen LogP contribution in [0, 0.1) is 5.92 Å². The van der Waals surface area contributed by atoms with E-state index in [0.717, 1.165) is 19.5 Å². The van der Waals surface area contributed by atoms with Crippen molar-refractivity contribution in [2.24, 2.45) is 5.92 Å². The minimum absolute atomic E-state index is 0.0131. The second-order valence-electron chi connectivity index (χ2n) is 5.87. The second kappa shape index (κ2) is 7.61. The third-order valence-electron chi connectivity index (χ3n) is 3.76. The molecule has 1 aromatic carbocycles. The summed E-state index contributed by atoms with van der Waals surface area (Å²) < 4.78 is 0. The molecule has 0 spiro atoms. The van der Waals surface area contributed by atoms with Gasteiger partial charge < -0.3 is 16.0 Å². The van der Waals surface area contributed by atoms with Gasteiger partial charge in [-0.05, 0) is 31.0 Å². The number of amides is 2. The van der Waals surface area contributed by atoms with Crippen LogP contribution in [0.1, 0.15) is 30.6 Å². The van der Waals surface area contributed by atoms with Crippen LogP contribution in [-0.4, -0.2) is 37.0 Å². The summed E-state index contributed by atoms with van der Waals surface area (Å²) >= 11 is 6.03. The summed E-state index contributed by atoms with van der Waals surface area (Å²) in [6, 6.07) is 6.36. The van der Waals surface area contributed by atoms with Crippen molar-refractivity contribution in [2.45, 2.75) is 32.4 Å². The highest BCUT2D eigenvalue weighted by atomic mass is 35.5. The van der Waals surface area contributed by atoms with E-state index in [-0.39, 0.29) is 23.8 Å². The van der Waals surface area contributed by atoms with Gasteiger partial charge in [-0.25, -0.2) is 0 Å². The van der Waals surface area contributed by atoms with E-state index >= 15 is 0 Å². The summed E-state index contributed by atoms with van der Waals surface area (Å²) in [4.78, 5) is 24.7. The highest BCUT2D eigenvalue weighted by Gasteiger charge is 2.27. The van der Waals surface area contributed by atoms with Crippen LogP contribution in [0.3, 0.4) is 0 Å². The van der Waals surface area contributed by atoms with E-state index in [9.17, 15) is 9.59 Å². The molecule has 0 radical (unpaired) electrons. The van der Waals surface area contributed by atoms with Gasteiger partial charge in [0, 0.05) is 12.6 Å². The molecule has 120 valence electrons. The Morgan fingerprint density at radius 3 is 2.64 bits per heavy atom. The van der Waals surface area contributed by atoms with Crippen LogP contribution in [0.5, 0.6) is 0 Å². The molecule has 22 heavy (non-hydrogen) atoms. The number of benzene rings is 1. The van der Waals surface area contributed by atoms with Crippen molar-refractivity contribution in [2.75, 3.05) is 13.1 Å². The van der Waals surface area contributed by atoms with Gasteiger partial charge in [0.05, 0.1) is 10.6 Å². The summed E-state index contributed by atoms with van der Waals surface area (Å²) in [5, 5.41) is 9.35. The Balaban J connectivity index is 2.03. The minimum Gasteiger partial charge on any atom is -0.350 e. The SMILES string of the molecule is CC(C)C(NC(=O)c1ccccc1Cl)C(=O)NC1CCNC1. The van der Waals surface area contributed by atoms with Crippen LogP contribution in [0.4, 0.5) is 0 Å². The first kappa shape index (κ1) is 16.8. The van der Waals surface area contributed by atoms with Gasteiger partial charge in [-0.3, -0.25) is 9.59 Å². The van der Waals surface area contributed by atoms with E-state index in [1.807, 2.05) is 13.8 Å². The van der Waals surface area contributed by atoms with Gasteiger partial charge in [0.15, 0.2) is 0 Å². The lowest BCUT2D eigenvalue weighted by Gasteiger charge is -2.23. The highest BCUT2D eigenvalue weighted by molar-refractivity contribution is 6.33. The first-order chi connectivity index (χ1) is 10.5. The summed E-state index contributed by atoms with van der Waals surface area (Å²) in [6.07, 6.45) is 0.912. The van der Waals surface area contributed by atoms with Gasteiger partial charge in [0.25, 0.3) is 5.91 Å². The molecular weight excluding hydrogens is 302 g/mol. The van der Waals surface area contributed by atoms with Gasteiger partial charge in [-0.1, -0.05) is 37.6 Å². The summed E-state index contributed by atoms with van der Waals surface area (Å²) in [6.45, 7) is 5.49. The highest BCUT2D eigenvalue weighted by Crippen LogP contribution is 2.15. The van der Waals surface area contributed by atoms with Crippen molar-refractivity contribution < 1.29 is 9.59 Å². The third-order valence-corrected chi connectivity index (χ3v) is 4.09. The Morgan fingerprint density at radius 2 is 2.05 bits per heavy atom. The zero-order chi connectivity index (χ0) is 16.1. The summed E-state index contributed by atoms with van der Waals surface area (Å²) in [5.41, 5.74) is 0.380. The van der Waals surface area contributed by atoms with Gasteiger partial charge >= 0.3 is 0 Å². The van der Waals surface area contributed by atoms with Crippen LogP contribution in [0.15, 0.2) is 24.3 Å². The lowest BCUT2D eigenvalue weighted by molar-refractivity contribution is -0.124. The molecular formula is C16H22ClN3O2. The number of carbonyl (C=O) groups is 2. The molecule has 6 heteroatoms. The van der Waals surface area contributed by atoms with Crippen molar-refractivity contribution in [1.29, 1.82) is 0 Å². The molecule has 0 bridgehead atoms. The largest absolute Gasteiger partial charge is 0.350 e. The Bertz CT molecular complexity index is 542. The third kappa shape index (κ3) is 4.21. The van der Waals surface area contributed by atoms with Crippen LogP contribution < -0.4 is 16.0 Å². The average Bonchev–Trinajstić information content (AvgIpc) is 2.97. The van der Waals surface area contributed by atoms with Crippen molar-refractivity contribution in [3.63, 3.8) is 0 Å². The first-order valence-corrected chi connectivity index (χ1v) is 7.93. The molecule has 2 amide bonds. The van der Waals surface area contributed by atoms with Gasteiger partial charge in [0.1, 0.15) is 6.04 Å². The molecule has 3 N–H and O–H groups in total. The number of nitrogens with one attached hydrogen (secondary N) is 3. The zero-order valence-electron chi connectivity index (χ0n) is 12.9. The standard InChI is InChI=1S/C16H22ClN3O2/c1-10(2)14(16(22)19-11-7-8-18-9-11)20-15(21)12-5-3-4-6-13(12)17/h3-6,10-11,14,18H,7-9H2,1-2H3,(H,19,22)(H,20,21). The molecule has 5 nitrogen and oxygen atoms in total. The van der Waals surface area contributed by atoms with Crippen molar-refractivity contribution in [3.8, 4) is 0 Å². The molecule has 1 aliphatic heterocycles. The Labute approximate surface area is 135 Å². The fourth-order valence-electron chi connectivity index (χ4n) is 2.47. The number of hydrogen-bond donors (Lipinski definition) is 3. The second-order valence-corrected chi connectivity index (χ2v) is 6.28. The average molecular weight is 324 g/mol. The topological polar surface area (TPSA) is 70.2 Å². The van der Waals surface area contributed by atoms with E-state index < -0.39 is 6.04 Å². The molecule has 1 aliphatic rings. The fraction of sp³-hybridized carbons (Fsp3) is 0.500. The molecule has 0 aliphatic carbocycles. The van der Waals surface area contributed by atoms with Crippen LogP contribution in [0.2, 0.25) is 5.02 Å². The molecule has 0 saturated carbocycles. The fourth-order valence-corrected chi connectivity index (χ4v) is 2.69. The zero-order valence-corrected chi connectivity index (χ0v) is 13.6. The Morgan fingerprint density at radius 1 is 1.32 bits per heavy atom. The molecule has 2 unspecified atom stereocenters. The van der Waals surface area contributed by atoms with Gasteiger partial charge in [-0.15, -0.1) is 0 Å². The minimum atomic E-state index is -0.579. The van der Waals surface area contributed by atoms with E-state index in [1.54, 1.807) is 24.3 Å². The van der Waals surface area contributed by atoms with E-state index in [4.69, 9.17) is 11.6 Å². The first-order valence-electron chi connectivity index (χ1n) is 7.55. The maximum Gasteiger partial charge on any atom is 0.253 e. The molecule has 1 heterocycles. The Hall–Kier alpha value is -1.59. The maximum absolute atomic E-state index is 12.4. The van der Waals surface area contributed by atoms with Crippen LogP contribution in [-0.2, 0) is 4.79 Å². The molecule has 1 fully saturated rings. The predicted molar refractivity (Wildman–Crippen MR) is 87.0 cm³/mol. The molecule has 0 aromatic heterocycles. The molecule has 2 atom stereocenters. The van der Waals surface area contributed by atoms with E-state index in [2.05, 4.69) is 16.0 Å². The van der Waals surface area contributed by atoms with E-state index in [0.29, 0.717) is 10.6 Å². The van der Waals surface area contributed by atoms with E-state index in [1.165, 1.54) is 0 Å². The number of halogens is 1. The van der Waals surface area contributed by atoms with Crippen molar-refractivity contribution >= 4 is 23.4 Å². The van der Waals surface area contributed by atoms with Gasteiger partial charge in [0.2, 0.25) is 5.91 Å². The quantitative estimate of drug-likeness (QED) is 0.770. The monoisotopic (exact) mass is 323 g/mol. The molecule has 2 rings (SSSR count). The van der Waals surface area contributed by atoms with Crippen molar-refractivity contribution in [3.05, 3.63) is 34.9 Å². The molecule has 1 saturated heterocycles.